The lowest BCUT2D eigenvalue weighted by atomic mass is 9.71. The van der Waals surface area contributed by atoms with Crippen molar-refractivity contribution in [2.45, 2.75) is 78.7 Å². The molecule has 0 N–H and O–H groups in total. The van der Waals surface area contributed by atoms with E-state index in [4.69, 9.17) is 26.1 Å². The summed E-state index contributed by atoms with van der Waals surface area (Å²) in [6, 6.07) is 17.5. The molecule has 7 nitrogen and oxygen atoms in total. The number of aromatic nitrogens is 2. The maximum atomic E-state index is 14.0. The minimum Gasteiger partial charge on any atom is -0.318 e. The van der Waals surface area contributed by atoms with Crippen LogP contribution in [0.15, 0.2) is 60.8 Å². The topological polar surface area (TPSA) is 61.8 Å². The van der Waals surface area contributed by atoms with Gasteiger partial charge in [-0.1, -0.05) is 74.8 Å². The molecule has 0 spiro atoms. The highest BCUT2D eigenvalue weighted by molar-refractivity contribution is 6.48. The number of amides is 2. The fourth-order valence-corrected chi connectivity index (χ4v) is 6.60. The number of carbonyl (C=O) groups excluding carboxylic acids is 1. The number of carbonyl (C=O) groups is 1. The average molecular weight is 577 g/mol. The highest BCUT2D eigenvalue weighted by atomic mass is 35.5. The van der Waals surface area contributed by atoms with E-state index in [0.717, 1.165) is 36.8 Å². The second-order valence-corrected chi connectivity index (χ2v) is 14.5. The Labute approximate surface area is 244 Å². The minimum atomic E-state index is -1.07. The molecule has 9 heteroatoms. The molecule has 1 saturated carbocycles. The third-order valence-electron chi connectivity index (χ3n) is 7.93. The van der Waals surface area contributed by atoms with Crippen LogP contribution < -0.4 is 14.9 Å². The SMILES string of the molecule is C[Si](C)ON(c1ncc2c(n1)N(Cc1ccccc1)C(=O)N(c1ccccc1Cl)C2)C1CCC(C(C)(C)C)CC1. The summed E-state index contributed by atoms with van der Waals surface area (Å²) in [4.78, 5) is 27.3. The lowest BCUT2D eigenvalue weighted by Crippen LogP contribution is -2.48. The molecule has 1 fully saturated rings. The Hall–Kier alpha value is -2.94. The van der Waals surface area contributed by atoms with Gasteiger partial charge in [0.1, 0.15) is 5.82 Å². The van der Waals surface area contributed by atoms with Crippen LogP contribution in [0.5, 0.6) is 0 Å². The van der Waals surface area contributed by atoms with Crippen molar-refractivity contribution in [1.82, 2.24) is 9.97 Å². The van der Waals surface area contributed by atoms with Gasteiger partial charge in [-0.05, 0) is 67.8 Å². The van der Waals surface area contributed by atoms with Crippen LogP contribution in [0.25, 0.3) is 0 Å². The van der Waals surface area contributed by atoms with E-state index in [0.29, 0.717) is 46.9 Å². The van der Waals surface area contributed by atoms with Crippen molar-refractivity contribution in [3.8, 4) is 0 Å². The number of rotatable bonds is 7. The van der Waals surface area contributed by atoms with E-state index in [-0.39, 0.29) is 12.1 Å². The van der Waals surface area contributed by atoms with Gasteiger partial charge in [-0.2, -0.15) is 4.98 Å². The van der Waals surface area contributed by atoms with Crippen LogP contribution >= 0.6 is 11.6 Å². The van der Waals surface area contributed by atoms with Gasteiger partial charge in [0.25, 0.3) is 5.95 Å². The van der Waals surface area contributed by atoms with Gasteiger partial charge in [0.05, 0.1) is 29.8 Å². The quantitative estimate of drug-likeness (QED) is 0.211. The molecule has 1 aliphatic carbocycles. The summed E-state index contributed by atoms with van der Waals surface area (Å²) in [6.45, 7) is 12.0. The predicted octanol–water partition coefficient (Wildman–Crippen LogP) is 7.87. The van der Waals surface area contributed by atoms with Crippen LogP contribution in [-0.2, 0) is 17.6 Å². The van der Waals surface area contributed by atoms with Crippen LogP contribution in [-0.4, -0.2) is 31.1 Å². The predicted molar refractivity (Wildman–Crippen MR) is 164 cm³/mol. The number of benzene rings is 2. The summed E-state index contributed by atoms with van der Waals surface area (Å²) in [6.07, 6.45) is 6.22. The first-order valence-electron chi connectivity index (χ1n) is 14.1. The van der Waals surface area contributed by atoms with Crippen molar-refractivity contribution in [3.63, 3.8) is 0 Å². The molecule has 2 heterocycles. The summed E-state index contributed by atoms with van der Waals surface area (Å²) in [5.74, 6) is 1.85. The summed E-state index contributed by atoms with van der Waals surface area (Å²) >= 11 is 6.53. The van der Waals surface area contributed by atoms with Crippen LogP contribution in [0.2, 0.25) is 18.1 Å². The third kappa shape index (κ3) is 6.19. The summed E-state index contributed by atoms with van der Waals surface area (Å²) in [7, 11) is -1.07. The molecule has 0 atom stereocenters. The van der Waals surface area contributed by atoms with Crippen molar-refractivity contribution in [3.05, 3.63) is 76.9 Å². The second kappa shape index (κ2) is 11.9. The number of hydrogen-bond donors (Lipinski definition) is 0. The van der Waals surface area contributed by atoms with Crippen LogP contribution in [0.3, 0.4) is 0 Å². The molecule has 1 aliphatic heterocycles. The molecule has 1 radical (unpaired) electrons. The van der Waals surface area contributed by atoms with Gasteiger partial charge in [-0.25, -0.2) is 14.8 Å². The Bertz CT molecular complexity index is 1320. The molecule has 5 rings (SSSR count). The number of hydroxylamine groups is 1. The second-order valence-electron chi connectivity index (χ2n) is 12.1. The molecule has 40 heavy (non-hydrogen) atoms. The van der Waals surface area contributed by atoms with Gasteiger partial charge in [-0.15, -0.1) is 0 Å². The van der Waals surface area contributed by atoms with E-state index in [2.05, 4.69) is 33.9 Å². The first-order valence-corrected chi connectivity index (χ1v) is 16.9. The fourth-order valence-electron chi connectivity index (χ4n) is 5.73. The van der Waals surface area contributed by atoms with Crippen molar-refractivity contribution in [1.29, 1.82) is 0 Å². The Morgan fingerprint density at radius 2 is 1.70 bits per heavy atom. The van der Waals surface area contributed by atoms with Crippen molar-refractivity contribution >= 4 is 44.1 Å². The number of fused-ring (bicyclic) bond motifs is 1. The van der Waals surface area contributed by atoms with E-state index in [9.17, 15) is 4.79 Å². The Morgan fingerprint density at radius 1 is 1.02 bits per heavy atom. The smallest absolute Gasteiger partial charge is 0.318 e. The molecule has 0 unspecified atom stereocenters. The van der Waals surface area contributed by atoms with Crippen LogP contribution in [0.1, 0.15) is 57.6 Å². The van der Waals surface area contributed by atoms with Crippen molar-refractivity contribution in [2.75, 3.05) is 14.9 Å². The molecule has 0 bridgehead atoms. The Morgan fingerprint density at radius 3 is 2.35 bits per heavy atom. The molecular formula is C31H39ClN5O2Si. The minimum absolute atomic E-state index is 0.164. The van der Waals surface area contributed by atoms with Gasteiger partial charge < -0.3 is 4.53 Å². The van der Waals surface area contributed by atoms with E-state index in [1.807, 2.05) is 59.8 Å². The molecule has 2 aromatic carbocycles. The zero-order valence-electron chi connectivity index (χ0n) is 24.1. The summed E-state index contributed by atoms with van der Waals surface area (Å²) in [5.41, 5.74) is 2.86. The number of nitrogens with zero attached hydrogens (tertiary/aromatic N) is 5. The number of anilines is 3. The molecule has 2 amide bonds. The Balaban J connectivity index is 1.50. The van der Waals surface area contributed by atoms with Gasteiger partial charge >= 0.3 is 6.03 Å². The first kappa shape index (κ1) is 28.6. The highest BCUT2D eigenvalue weighted by Crippen LogP contribution is 2.40. The van der Waals surface area contributed by atoms with E-state index < -0.39 is 9.04 Å². The van der Waals surface area contributed by atoms with Crippen molar-refractivity contribution < 1.29 is 9.32 Å². The molecule has 0 saturated heterocycles. The number of halogens is 1. The van der Waals surface area contributed by atoms with E-state index in [1.54, 1.807) is 15.9 Å². The van der Waals surface area contributed by atoms with E-state index >= 15 is 0 Å². The maximum Gasteiger partial charge on any atom is 0.330 e. The van der Waals surface area contributed by atoms with Crippen LogP contribution in [0, 0.1) is 11.3 Å². The van der Waals surface area contributed by atoms with Crippen molar-refractivity contribution in [2.24, 2.45) is 11.3 Å². The molecule has 211 valence electrons. The highest BCUT2D eigenvalue weighted by Gasteiger charge is 2.37. The fraction of sp³-hybridized carbons (Fsp3) is 0.452. The average Bonchev–Trinajstić information content (AvgIpc) is 2.93. The van der Waals surface area contributed by atoms with Crippen LogP contribution in [0.4, 0.5) is 22.2 Å². The summed E-state index contributed by atoms with van der Waals surface area (Å²) in [5, 5.41) is 2.49. The molecule has 1 aromatic heterocycles. The molecule has 2 aliphatic rings. The zero-order chi connectivity index (χ0) is 28.4. The third-order valence-corrected chi connectivity index (χ3v) is 8.81. The van der Waals surface area contributed by atoms with Gasteiger partial charge in [0, 0.05) is 11.8 Å². The number of para-hydroxylation sites is 1. The van der Waals surface area contributed by atoms with Gasteiger partial charge in [-0.3, -0.25) is 9.80 Å². The zero-order valence-corrected chi connectivity index (χ0v) is 25.9. The lowest BCUT2D eigenvalue weighted by Gasteiger charge is -2.41. The van der Waals surface area contributed by atoms with Gasteiger partial charge in [0.2, 0.25) is 9.04 Å². The summed E-state index contributed by atoms with van der Waals surface area (Å²) < 4.78 is 6.45. The largest absolute Gasteiger partial charge is 0.330 e. The number of hydrogen-bond acceptors (Lipinski definition) is 5. The standard InChI is InChI=1S/C31H39ClN5O2Si/c1-31(2,3)24-15-17-25(18-16-24)37(39-40(4)5)29-33-19-23-21-35(27-14-10-9-13-26(27)32)30(38)36(28(23)34-29)20-22-11-7-6-8-12-22/h6-14,19,24-25H,15-18,20-21H2,1-5H3. The Kier molecular flexibility index (Phi) is 8.49. The monoisotopic (exact) mass is 576 g/mol. The maximum absolute atomic E-state index is 14.0. The lowest BCUT2D eigenvalue weighted by molar-refractivity contribution is 0.133. The molecule has 3 aromatic rings. The number of urea groups is 1. The first-order chi connectivity index (χ1) is 19.1. The van der Waals surface area contributed by atoms with Gasteiger partial charge in [0.15, 0.2) is 0 Å². The normalized spacial score (nSPS) is 19.6. The molecular weight excluding hydrogens is 538 g/mol. The van der Waals surface area contributed by atoms with E-state index in [1.165, 1.54) is 0 Å².